The lowest BCUT2D eigenvalue weighted by Crippen LogP contribution is -2.12. The summed E-state index contributed by atoms with van der Waals surface area (Å²) >= 11 is 0. The van der Waals surface area contributed by atoms with Gasteiger partial charge >= 0.3 is 0 Å². The molecule has 24 heavy (non-hydrogen) atoms. The highest BCUT2D eigenvalue weighted by atomic mass is 16.1. The first-order valence-corrected chi connectivity index (χ1v) is 7.64. The molecule has 1 aromatic carbocycles. The molecule has 0 aliphatic rings. The van der Waals surface area contributed by atoms with E-state index in [1.54, 1.807) is 12.4 Å². The molecule has 0 radical (unpaired) electrons. The Labute approximate surface area is 138 Å². The van der Waals surface area contributed by atoms with Gasteiger partial charge in [-0.15, -0.1) is 0 Å². The van der Waals surface area contributed by atoms with Crippen molar-refractivity contribution < 1.29 is 0 Å². The Morgan fingerprint density at radius 2 is 1.71 bits per heavy atom. The molecule has 4 aromatic rings. The Bertz CT molecular complexity index is 1040. The number of hydrogen-bond donors (Lipinski definition) is 1. The Hall–Kier alpha value is -3.34. The average molecular weight is 314 g/mol. The van der Waals surface area contributed by atoms with E-state index < -0.39 is 0 Å². The van der Waals surface area contributed by atoms with Gasteiger partial charge in [-0.3, -0.25) is 9.78 Å². The standard InChI is InChI=1S/C19H14N4O/c24-19-18-16(17(22-23-19)14-4-2-1-3-5-14)7-6-15(21-18)12-13-8-10-20-11-9-13/h1-11H,12H2,(H,23,24). The van der Waals surface area contributed by atoms with Crippen LogP contribution in [0.25, 0.3) is 22.2 Å². The first-order valence-electron chi connectivity index (χ1n) is 7.64. The van der Waals surface area contributed by atoms with Crippen molar-refractivity contribution >= 4 is 10.9 Å². The average Bonchev–Trinajstić information content (AvgIpc) is 2.64. The number of pyridine rings is 2. The zero-order valence-corrected chi connectivity index (χ0v) is 12.8. The Balaban J connectivity index is 1.83. The molecule has 0 saturated carbocycles. The summed E-state index contributed by atoms with van der Waals surface area (Å²) in [4.78, 5) is 20.7. The Morgan fingerprint density at radius 3 is 2.50 bits per heavy atom. The molecule has 116 valence electrons. The van der Waals surface area contributed by atoms with E-state index in [4.69, 9.17) is 0 Å². The topological polar surface area (TPSA) is 71.5 Å². The van der Waals surface area contributed by atoms with Crippen LogP contribution in [0.2, 0.25) is 0 Å². The van der Waals surface area contributed by atoms with Crippen LogP contribution in [0, 0.1) is 0 Å². The highest BCUT2D eigenvalue weighted by Crippen LogP contribution is 2.23. The summed E-state index contributed by atoms with van der Waals surface area (Å²) in [6, 6.07) is 17.5. The summed E-state index contributed by atoms with van der Waals surface area (Å²) in [6.45, 7) is 0. The van der Waals surface area contributed by atoms with Gasteiger partial charge in [-0.05, 0) is 29.8 Å². The Kier molecular flexibility index (Phi) is 3.59. The van der Waals surface area contributed by atoms with E-state index in [9.17, 15) is 4.79 Å². The molecule has 3 aromatic heterocycles. The molecule has 0 spiro atoms. The van der Waals surface area contributed by atoms with Crippen LogP contribution < -0.4 is 5.56 Å². The predicted octanol–water partition coefficient (Wildman–Crippen LogP) is 2.97. The number of aromatic nitrogens is 4. The lowest BCUT2D eigenvalue weighted by Gasteiger charge is -2.06. The van der Waals surface area contributed by atoms with E-state index in [0.717, 1.165) is 27.9 Å². The molecule has 0 fully saturated rings. The van der Waals surface area contributed by atoms with Gasteiger partial charge in [0.2, 0.25) is 0 Å². The van der Waals surface area contributed by atoms with Crippen LogP contribution >= 0.6 is 0 Å². The molecule has 0 unspecified atom stereocenters. The van der Waals surface area contributed by atoms with Crippen molar-refractivity contribution in [1.82, 2.24) is 20.2 Å². The quantitative estimate of drug-likeness (QED) is 0.631. The number of rotatable bonds is 3. The van der Waals surface area contributed by atoms with Gasteiger partial charge in [-0.25, -0.2) is 10.1 Å². The molecule has 3 heterocycles. The largest absolute Gasteiger partial charge is 0.290 e. The third-order valence-corrected chi connectivity index (χ3v) is 3.87. The molecule has 0 saturated heterocycles. The van der Waals surface area contributed by atoms with Crippen molar-refractivity contribution in [1.29, 1.82) is 0 Å². The van der Waals surface area contributed by atoms with E-state index in [2.05, 4.69) is 20.2 Å². The third-order valence-electron chi connectivity index (χ3n) is 3.87. The molecule has 5 heteroatoms. The number of fused-ring (bicyclic) bond motifs is 1. The summed E-state index contributed by atoms with van der Waals surface area (Å²) in [5, 5.41) is 7.51. The molecule has 4 rings (SSSR count). The zero-order valence-electron chi connectivity index (χ0n) is 12.8. The number of hydrogen-bond acceptors (Lipinski definition) is 4. The molecule has 0 atom stereocenters. The predicted molar refractivity (Wildman–Crippen MR) is 92.6 cm³/mol. The second-order valence-electron chi connectivity index (χ2n) is 5.50. The van der Waals surface area contributed by atoms with Crippen molar-refractivity contribution in [2.75, 3.05) is 0 Å². The van der Waals surface area contributed by atoms with Crippen molar-refractivity contribution in [2.45, 2.75) is 6.42 Å². The first-order chi connectivity index (χ1) is 11.8. The SMILES string of the molecule is O=c1[nH]nc(-c2ccccc2)c2ccc(Cc3ccncc3)nc12. The van der Waals surface area contributed by atoms with Crippen LogP contribution in [0.4, 0.5) is 0 Å². The van der Waals surface area contributed by atoms with Crippen LogP contribution in [0.1, 0.15) is 11.3 Å². The van der Waals surface area contributed by atoms with Gasteiger partial charge in [0.25, 0.3) is 5.56 Å². The number of nitrogens with zero attached hydrogens (tertiary/aromatic N) is 3. The highest BCUT2D eigenvalue weighted by Gasteiger charge is 2.10. The van der Waals surface area contributed by atoms with Gasteiger partial charge in [0, 0.05) is 35.5 Å². The van der Waals surface area contributed by atoms with Gasteiger partial charge in [-0.1, -0.05) is 30.3 Å². The van der Waals surface area contributed by atoms with E-state index in [-0.39, 0.29) is 5.56 Å². The molecular weight excluding hydrogens is 300 g/mol. The molecule has 5 nitrogen and oxygen atoms in total. The summed E-state index contributed by atoms with van der Waals surface area (Å²) in [7, 11) is 0. The summed E-state index contributed by atoms with van der Waals surface area (Å²) < 4.78 is 0. The van der Waals surface area contributed by atoms with Gasteiger partial charge in [0.1, 0.15) is 11.2 Å². The minimum absolute atomic E-state index is 0.277. The van der Waals surface area contributed by atoms with E-state index in [0.29, 0.717) is 11.9 Å². The first kappa shape index (κ1) is 14.3. The molecule has 1 N–H and O–H groups in total. The number of aromatic amines is 1. The smallest absolute Gasteiger partial charge is 0.266 e. The number of H-pyrrole nitrogens is 1. The van der Waals surface area contributed by atoms with Crippen LogP contribution in [0.15, 0.2) is 71.8 Å². The monoisotopic (exact) mass is 314 g/mol. The molecule has 0 aliphatic carbocycles. The third kappa shape index (κ3) is 2.67. The minimum atomic E-state index is -0.277. The summed E-state index contributed by atoms with van der Waals surface area (Å²) in [5.74, 6) is 0. The van der Waals surface area contributed by atoms with Crippen LogP contribution in [-0.2, 0) is 6.42 Å². The maximum Gasteiger partial charge on any atom is 0.290 e. The summed E-state index contributed by atoms with van der Waals surface area (Å²) in [6.07, 6.45) is 4.15. The van der Waals surface area contributed by atoms with Crippen molar-refractivity contribution in [3.8, 4) is 11.3 Å². The number of nitrogens with one attached hydrogen (secondary N) is 1. The zero-order chi connectivity index (χ0) is 16.4. The fourth-order valence-electron chi connectivity index (χ4n) is 2.71. The fourth-order valence-corrected chi connectivity index (χ4v) is 2.71. The molecule has 0 amide bonds. The van der Waals surface area contributed by atoms with E-state index in [1.807, 2.05) is 54.6 Å². The lowest BCUT2D eigenvalue weighted by molar-refractivity contribution is 0.998. The molecule has 0 bridgehead atoms. The van der Waals surface area contributed by atoms with E-state index >= 15 is 0 Å². The fraction of sp³-hybridized carbons (Fsp3) is 0.0526. The highest BCUT2D eigenvalue weighted by molar-refractivity contribution is 5.91. The second kappa shape index (κ2) is 6.04. The van der Waals surface area contributed by atoms with Crippen molar-refractivity contribution in [2.24, 2.45) is 0 Å². The van der Waals surface area contributed by atoms with Gasteiger partial charge in [-0.2, -0.15) is 5.10 Å². The lowest BCUT2D eigenvalue weighted by atomic mass is 10.1. The van der Waals surface area contributed by atoms with E-state index in [1.165, 1.54) is 0 Å². The van der Waals surface area contributed by atoms with Crippen LogP contribution in [-0.4, -0.2) is 20.2 Å². The normalized spacial score (nSPS) is 10.8. The molecule has 0 aliphatic heterocycles. The summed E-state index contributed by atoms with van der Waals surface area (Å²) in [5.41, 5.74) is 3.75. The molecular formula is C19H14N4O. The van der Waals surface area contributed by atoms with Crippen molar-refractivity contribution in [3.05, 3.63) is 88.6 Å². The maximum atomic E-state index is 12.2. The van der Waals surface area contributed by atoms with Crippen molar-refractivity contribution in [3.63, 3.8) is 0 Å². The second-order valence-corrected chi connectivity index (χ2v) is 5.50. The number of benzene rings is 1. The Morgan fingerprint density at radius 1 is 0.917 bits per heavy atom. The maximum absolute atomic E-state index is 12.2. The van der Waals surface area contributed by atoms with Crippen LogP contribution in [0.5, 0.6) is 0 Å². The van der Waals surface area contributed by atoms with Crippen LogP contribution in [0.3, 0.4) is 0 Å². The van der Waals surface area contributed by atoms with Gasteiger partial charge in [0.05, 0.1) is 0 Å². The minimum Gasteiger partial charge on any atom is -0.266 e. The van der Waals surface area contributed by atoms with Gasteiger partial charge in [0.15, 0.2) is 0 Å². The van der Waals surface area contributed by atoms with Gasteiger partial charge < -0.3 is 0 Å².